The molecular formula is C48H35NS. The Labute approximate surface area is 296 Å². The smallest absolute Gasteiger partial charge is 0.0551 e. The fourth-order valence-electron chi connectivity index (χ4n) is 7.48. The number of hydrogen-bond donors (Lipinski definition) is 0. The van der Waals surface area contributed by atoms with Crippen molar-refractivity contribution in [1.82, 2.24) is 0 Å². The van der Waals surface area contributed by atoms with E-state index in [4.69, 9.17) is 0 Å². The molecule has 1 aliphatic heterocycles. The Kier molecular flexibility index (Phi) is 7.65. The van der Waals surface area contributed by atoms with Crippen LogP contribution in [0, 0.1) is 0 Å². The van der Waals surface area contributed by atoms with Crippen molar-refractivity contribution in [3.8, 4) is 33.4 Å². The molecule has 0 aliphatic carbocycles. The molecule has 0 bridgehead atoms. The predicted octanol–water partition coefficient (Wildman–Crippen LogP) is 13.8. The molecule has 0 radical (unpaired) electrons. The molecule has 0 unspecified atom stereocenters. The zero-order valence-corrected chi connectivity index (χ0v) is 28.4. The van der Waals surface area contributed by atoms with Crippen LogP contribution in [0.25, 0.3) is 33.4 Å². The summed E-state index contributed by atoms with van der Waals surface area (Å²) in [5.74, 6) is 0. The Morgan fingerprint density at radius 3 is 1.20 bits per heavy atom. The summed E-state index contributed by atoms with van der Waals surface area (Å²) in [6.07, 6.45) is 0. The van der Waals surface area contributed by atoms with Crippen molar-refractivity contribution in [2.75, 3.05) is 4.90 Å². The van der Waals surface area contributed by atoms with E-state index < -0.39 is 10.0 Å². The van der Waals surface area contributed by atoms with Gasteiger partial charge in [-0.25, -0.2) is 0 Å². The third-order valence-corrected chi connectivity index (χ3v) is 13.7. The number of rotatable bonds is 7. The Hall–Kier alpha value is -6.09. The van der Waals surface area contributed by atoms with Crippen molar-refractivity contribution in [2.45, 2.75) is 19.6 Å². The molecule has 8 aromatic rings. The van der Waals surface area contributed by atoms with E-state index in [9.17, 15) is 0 Å². The van der Waals surface area contributed by atoms with Crippen LogP contribution in [0.2, 0.25) is 0 Å². The summed E-state index contributed by atoms with van der Waals surface area (Å²) in [6.45, 7) is 0. The standard InChI is InChI=1S/C48H35NS/c1-5-16-36(17-6-1)38-28-32-40(33-29-38)49(41-34-30-39(31-35-41)37-18-7-2-8-19-37)45-25-15-27-47-48(45)44-24-13-14-26-46(44)50(47,42-20-9-3-10-21-42)43-22-11-4-12-23-43/h1-35H. The van der Waals surface area contributed by atoms with Crippen molar-refractivity contribution in [3.63, 3.8) is 0 Å². The second-order valence-corrected chi connectivity index (χ2v) is 15.6. The molecule has 0 amide bonds. The first-order valence-electron chi connectivity index (χ1n) is 17.1. The molecule has 0 fully saturated rings. The summed E-state index contributed by atoms with van der Waals surface area (Å²) in [6, 6.07) is 77.6. The van der Waals surface area contributed by atoms with E-state index in [2.05, 4.69) is 217 Å². The summed E-state index contributed by atoms with van der Waals surface area (Å²) in [7, 11) is -1.77. The van der Waals surface area contributed by atoms with Crippen LogP contribution < -0.4 is 4.90 Å². The summed E-state index contributed by atoms with van der Waals surface area (Å²) >= 11 is 0. The van der Waals surface area contributed by atoms with E-state index in [0.29, 0.717) is 0 Å². The molecule has 1 aliphatic rings. The van der Waals surface area contributed by atoms with Gasteiger partial charge < -0.3 is 4.90 Å². The van der Waals surface area contributed by atoms with E-state index in [0.717, 1.165) is 11.4 Å². The highest BCUT2D eigenvalue weighted by Crippen LogP contribution is 2.80. The zero-order valence-electron chi connectivity index (χ0n) is 27.6. The van der Waals surface area contributed by atoms with E-state index in [1.165, 1.54) is 58.7 Å². The van der Waals surface area contributed by atoms with Gasteiger partial charge in [-0.15, -0.1) is 10.0 Å². The molecule has 1 nitrogen and oxygen atoms in total. The Morgan fingerprint density at radius 1 is 0.300 bits per heavy atom. The van der Waals surface area contributed by atoms with Crippen molar-refractivity contribution < 1.29 is 0 Å². The zero-order chi connectivity index (χ0) is 33.3. The fourth-order valence-corrected chi connectivity index (χ4v) is 11.7. The van der Waals surface area contributed by atoms with Gasteiger partial charge >= 0.3 is 0 Å². The molecule has 0 spiro atoms. The van der Waals surface area contributed by atoms with Crippen molar-refractivity contribution in [1.29, 1.82) is 0 Å². The molecule has 0 saturated carbocycles. The number of fused-ring (bicyclic) bond motifs is 3. The molecule has 238 valence electrons. The first kappa shape index (κ1) is 30.0. The third kappa shape index (κ3) is 4.96. The minimum absolute atomic E-state index is 1.12. The molecule has 9 rings (SSSR count). The molecule has 0 atom stereocenters. The van der Waals surface area contributed by atoms with Crippen LogP contribution in [0.1, 0.15) is 0 Å². The highest BCUT2D eigenvalue weighted by Gasteiger charge is 2.43. The highest BCUT2D eigenvalue weighted by molar-refractivity contribution is 8.34. The molecule has 8 aromatic carbocycles. The minimum atomic E-state index is -1.77. The van der Waals surface area contributed by atoms with Gasteiger partial charge in [0.25, 0.3) is 0 Å². The van der Waals surface area contributed by atoms with Gasteiger partial charge in [-0.05, 0) is 94.5 Å². The Morgan fingerprint density at radius 2 is 0.700 bits per heavy atom. The van der Waals surface area contributed by atoms with Crippen molar-refractivity contribution in [2.24, 2.45) is 0 Å². The van der Waals surface area contributed by atoms with Gasteiger partial charge in [0.05, 0.1) is 5.69 Å². The SMILES string of the molecule is c1ccc(-c2ccc(N(c3ccc(-c4ccccc4)cc3)c3cccc4c3-c3ccccc3S4(c3ccccc3)c3ccccc3)cc2)cc1. The number of benzene rings is 8. The fraction of sp³-hybridized carbons (Fsp3) is 0. The third-order valence-electron chi connectivity index (χ3n) is 9.72. The second kappa shape index (κ2) is 12.7. The number of anilines is 3. The first-order chi connectivity index (χ1) is 24.8. The Bertz CT molecular complexity index is 2260. The summed E-state index contributed by atoms with van der Waals surface area (Å²) in [5.41, 5.74) is 10.8. The second-order valence-electron chi connectivity index (χ2n) is 12.5. The van der Waals surface area contributed by atoms with E-state index >= 15 is 0 Å². The van der Waals surface area contributed by atoms with E-state index in [-0.39, 0.29) is 0 Å². The van der Waals surface area contributed by atoms with Crippen LogP contribution in [-0.4, -0.2) is 0 Å². The van der Waals surface area contributed by atoms with Gasteiger partial charge in [0.2, 0.25) is 0 Å². The van der Waals surface area contributed by atoms with Gasteiger partial charge in [0.1, 0.15) is 0 Å². The lowest BCUT2D eigenvalue weighted by Crippen LogP contribution is -2.11. The number of nitrogens with zero attached hydrogens (tertiary/aromatic N) is 1. The number of hydrogen-bond acceptors (Lipinski definition) is 1. The summed E-state index contributed by atoms with van der Waals surface area (Å²) < 4.78 is 0. The maximum Gasteiger partial charge on any atom is 0.0551 e. The minimum Gasteiger partial charge on any atom is -0.310 e. The van der Waals surface area contributed by atoms with Crippen LogP contribution in [0.5, 0.6) is 0 Å². The van der Waals surface area contributed by atoms with Crippen LogP contribution in [-0.2, 0) is 0 Å². The van der Waals surface area contributed by atoms with Crippen LogP contribution >= 0.6 is 10.0 Å². The lowest BCUT2D eigenvalue weighted by atomic mass is 10.0. The van der Waals surface area contributed by atoms with Gasteiger partial charge in [-0.1, -0.05) is 146 Å². The highest BCUT2D eigenvalue weighted by atomic mass is 32.3. The molecular weight excluding hydrogens is 623 g/mol. The van der Waals surface area contributed by atoms with Gasteiger partial charge in [-0.3, -0.25) is 0 Å². The molecule has 1 heterocycles. The van der Waals surface area contributed by atoms with Crippen molar-refractivity contribution >= 4 is 27.1 Å². The average molecular weight is 658 g/mol. The molecule has 2 heteroatoms. The maximum atomic E-state index is 2.45. The van der Waals surface area contributed by atoms with Gasteiger partial charge in [0, 0.05) is 36.5 Å². The van der Waals surface area contributed by atoms with Gasteiger partial charge in [0.15, 0.2) is 0 Å². The molecule has 0 aromatic heterocycles. The van der Waals surface area contributed by atoms with Crippen LogP contribution in [0.4, 0.5) is 17.1 Å². The van der Waals surface area contributed by atoms with Crippen LogP contribution in [0.15, 0.2) is 232 Å². The van der Waals surface area contributed by atoms with Crippen molar-refractivity contribution in [3.05, 3.63) is 212 Å². The van der Waals surface area contributed by atoms with E-state index in [1.807, 2.05) is 0 Å². The maximum absolute atomic E-state index is 2.45. The quantitative estimate of drug-likeness (QED) is 0.165. The lowest BCUT2D eigenvalue weighted by molar-refractivity contribution is 1.26. The normalized spacial score (nSPS) is 13.2. The largest absolute Gasteiger partial charge is 0.310 e. The van der Waals surface area contributed by atoms with E-state index in [1.54, 1.807) is 0 Å². The Balaban J connectivity index is 1.29. The van der Waals surface area contributed by atoms with Crippen LogP contribution in [0.3, 0.4) is 0 Å². The monoisotopic (exact) mass is 657 g/mol. The average Bonchev–Trinajstić information content (AvgIpc) is 3.52. The summed E-state index contributed by atoms with van der Waals surface area (Å²) in [5, 5.41) is 0. The summed E-state index contributed by atoms with van der Waals surface area (Å²) in [4.78, 5) is 7.91. The molecule has 0 N–H and O–H groups in total. The molecule has 50 heavy (non-hydrogen) atoms. The lowest BCUT2D eigenvalue weighted by Gasteiger charge is -2.39. The topological polar surface area (TPSA) is 3.24 Å². The predicted molar refractivity (Wildman–Crippen MR) is 211 cm³/mol. The molecule has 0 saturated heterocycles. The first-order valence-corrected chi connectivity index (χ1v) is 18.7. The van der Waals surface area contributed by atoms with Gasteiger partial charge in [-0.2, -0.15) is 0 Å².